The van der Waals surface area contributed by atoms with E-state index in [0.29, 0.717) is 12.1 Å². The van der Waals surface area contributed by atoms with Crippen molar-refractivity contribution in [2.24, 2.45) is 0 Å². The van der Waals surface area contributed by atoms with Crippen molar-refractivity contribution in [3.63, 3.8) is 0 Å². The van der Waals surface area contributed by atoms with E-state index in [0.717, 1.165) is 5.69 Å². The molecule has 0 aromatic carbocycles. The molecule has 2 aromatic heterocycles. The fraction of sp³-hybridized carbons (Fsp3) is 0.538. The molecule has 108 valence electrons. The second-order valence-corrected chi connectivity index (χ2v) is 5.41. The Morgan fingerprint density at radius 1 is 1.20 bits per heavy atom. The lowest BCUT2D eigenvalue weighted by atomic mass is 10.2. The molecule has 2 rings (SSSR count). The predicted molar refractivity (Wildman–Crippen MR) is 74.9 cm³/mol. The first-order valence-electron chi connectivity index (χ1n) is 6.63. The lowest BCUT2D eigenvalue weighted by Crippen LogP contribution is -2.33. The van der Waals surface area contributed by atoms with Crippen LogP contribution in [-0.4, -0.2) is 24.5 Å². The summed E-state index contributed by atoms with van der Waals surface area (Å²) >= 11 is 0. The molecular formula is C13H19N5O2. The number of H-pyrrole nitrogens is 1. The maximum absolute atomic E-state index is 11.8. The minimum Gasteiger partial charge on any atom is -0.298 e. The third-order valence-corrected chi connectivity index (χ3v) is 3.08. The van der Waals surface area contributed by atoms with Crippen LogP contribution in [0.15, 0.2) is 22.0 Å². The Morgan fingerprint density at radius 3 is 2.45 bits per heavy atom. The molecule has 2 heterocycles. The quantitative estimate of drug-likeness (QED) is 0.899. The van der Waals surface area contributed by atoms with Crippen molar-refractivity contribution in [2.75, 3.05) is 0 Å². The zero-order valence-electron chi connectivity index (χ0n) is 12.1. The van der Waals surface area contributed by atoms with Crippen LogP contribution in [0.4, 0.5) is 0 Å². The van der Waals surface area contributed by atoms with Gasteiger partial charge in [-0.05, 0) is 19.8 Å². The van der Waals surface area contributed by atoms with E-state index in [9.17, 15) is 9.59 Å². The summed E-state index contributed by atoms with van der Waals surface area (Å²) in [4.78, 5) is 25.8. The zero-order valence-corrected chi connectivity index (χ0v) is 12.1. The van der Waals surface area contributed by atoms with E-state index >= 15 is 0 Å². The van der Waals surface area contributed by atoms with Crippen molar-refractivity contribution in [2.45, 2.75) is 46.2 Å². The number of nitrogens with zero attached hydrogens (tertiary/aromatic N) is 4. The summed E-state index contributed by atoms with van der Waals surface area (Å²) in [5.41, 5.74) is 0.584. The molecule has 0 saturated heterocycles. The Morgan fingerprint density at radius 2 is 1.90 bits per heavy atom. The maximum atomic E-state index is 11.8. The number of hydrogen-bond acceptors (Lipinski definition) is 4. The highest BCUT2D eigenvalue weighted by Gasteiger charge is 2.10. The van der Waals surface area contributed by atoms with Crippen molar-refractivity contribution in [1.82, 2.24) is 24.5 Å². The third-order valence-electron chi connectivity index (χ3n) is 3.08. The highest BCUT2D eigenvalue weighted by molar-refractivity contribution is 5.07. The molecule has 20 heavy (non-hydrogen) atoms. The molecule has 0 aliphatic carbocycles. The third kappa shape index (κ3) is 2.87. The van der Waals surface area contributed by atoms with Gasteiger partial charge < -0.3 is 0 Å². The molecule has 0 spiro atoms. The summed E-state index contributed by atoms with van der Waals surface area (Å²) in [5.74, 6) is 0.284. The number of rotatable bonds is 4. The summed E-state index contributed by atoms with van der Waals surface area (Å²) < 4.78 is 3.10. The molecule has 0 amide bonds. The van der Waals surface area contributed by atoms with Crippen LogP contribution in [0.1, 0.15) is 50.9 Å². The normalized spacial score (nSPS) is 11.5. The summed E-state index contributed by atoms with van der Waals surface area (Å²) in [7, 11) is 0. The molecule has 2 aromatic rings. The average Bonchev–Trinajstić information content (AvgIpc) is 2.80. The Hall–Kier alpha value is -2.18. The van der Waals surface area contributed by atoms with Crippen LogP contribution < -0.4 is 11.2 Å². The Kier molecular flexibility index (Phi) is 3.87. The molecule has 0 aliphatic rings. The molecule has 7 nitrogen and oxygen atoms in total. The van der Waals surface area contributed by atoms with Crippen LogP contribution in [0, 0.1) is 0 Å². The summed E-state index contributed by atoms with van der Waals surface area (Å²) in [6.45, 7) is 8.12. The summed E-state index contributed by atoms with van der Waals surface area (Å²) in [6, 6.07) is -0.0138. The van der Waals surface area contributed by atoms with Crippen LogP contribution in [0.5, 0.6) is 0 Å². The second kappa shape index (κ2) is 5.44. The minimum absolute atomic E-state index is 0.0138. The highest BCUT2D eigenvalue weighted by atomic mass is 16.2. The molecule has 0 atom stereocenters. The number of nitrogens with one attached hydrogen (secondary N) is 1. The monoisotopic (exact) mass is 277 g/mol. The van der Waals surface area contributed by atoms with E-state index in [2.05, 4.69) is 15.3 Å². The lowest BCUT2D eigenvalue weighted by molar-refractivity contribution is 0.547. The van der Waals surface area contributed by atoms with Crippen LogP contribution in [0.2, 0.25) is 0 Å². The average molecular weight is 277 g/mol. The van der Waals surface area contributed by atoms with Crippen molar-refractivity contribution >= 4 is 0 Å². The largest absolute Gasteiger partial charge is 0.328 e. The van der Waals surface area contributed by atoms with Crippen molar-refractivity contribution in [3.05, 3.63) is 44.5 Å². The smallest absolute Gasteiger partial charge is 0.298 e. The van der Waals surface area contributed by atoms with Gasteiger partial charge in [-0.15, -0.1) is 5.10 Å². The SMILES string of the molecule is CC(C)c1cn(Cc2cn(C(C)C)c(=O)[nH]c2=O)nn1. The van der Waals surface area contributed by atoms with Crippen LogP contribution >= 0.6 is 0 Å². The van der Waals surface area contributed by atoms with Crippen molar-refractivity contribution in [1.29, 1.82) is 0 Å². The number of aromatic nitrogens is 5. The van der Waals surface area contributed by atoms with Gasteiger partial charge in [-0.1, -0.05) is 19.1 Å². The molecule has 0 unspecified atom stereocenters. The van der Waals surface area contributed by atoms with E-state index in [-0.39, 0.29) is 17.5 Å². The predicted octanol–water partition coefficient (Wildman–Crippen LogP) is 0.881. The van der Waals surface area contributed by atoms with Gasteiger partial charge in [0, 0.05) is 18.4 Å². The molecule has 0 saturated carbocycles. The number of hydrogen-bond donors (Lipinski definition) is 1. The molecule has 0 bridgehead atoms. The van der Waals surface area contributed by atoms with E-state index in [1.54, 1.807) is 10.9 Å². The fourth-order valence-electron chi connectivity index (χ4n) is 1.85. The molecule has 0 aliphatic heterocycles. The van der Waals surface area contributed by atoms with E-state index in [4.69, 9.17) is 0 Å². The van der Waals surface area contributed by atoms with Gasteiger partial charge >= 0.3 is 5.69 Å². The van der Waals surface area contributed by atoms with Gasteiger partial charge in [0.2, 0.25) is 0 Å². The number of aromatic amines is 1. The maximum Gasteiger partial charge on any atom is 0.328 e. The van der Waals surface area contributed by atoms with Gasteiger partial charge in [0.1, 0.15) is 0 Å². The van der Waals surface area contributed by atoms with Crippen LogP contribution in [0.25, 0.3) is 0 Å². The Bertz CT molecular complexity index is 708. The van der Waals surface area contributed by atoms with E-state index in [1.165, 1.54) is 4.57 Å². The minimum atomic E-state index is -0.393. The van der Waals surface area contributed by atoms with Crippen LogP contribution in [-0.2, 0) is 6.54 Å². The Labute approximate surface area is 116 Å². The van der Waals surface area contributed by atoms with Gasteiger partial charge in [0.05, 0.1) is 17.8 Å². The van der Waals surface area contributed by atoms with Gasteiger partial charge in [0.25, 0.3) is 5.56 Å². The van der Waals surface area contributed by atoms with Gasteiger partial charge in [-0.25, -0.2) is 9.48 Å². The molecule has 0 radical (unpaired) electrons. The standard InChI is InChI=1S/C13H19N5O2/c1-8(2)11-7-17(16-15-11)5-10-6-18(9(3)4)13(20)14-12(10)19/h6-9H,5H2,1-4H3,(H,14,19,20). The van der Waals surface area contributed by atoms with E-state index < -0.39 is 5.69 Å². The van der Waals surface area contributed by atoms with Crippen molar-refractivity contribution < 1.29 is 0 Å². The zero-order chi connectivity index (χ0) is 14.9. The fourth-order valence-corrected chi connectivity index (χ4v) is 1.85. The van der Waals surface area contributed by atoms with Crippen LogP contribution in [0.3, 0.4) is 0 Å². The second-order valence-electron chi connectivity index (χ2n) is 5.41. The molecule has 0 fully saturated rings. The highest BCUT2D eigenvalue weighted by Crippen LogP contribution is 2.09. The van der Waals surface area contributed by atoms with E-state index in [1.807, 2.05) is 33.9 Å². The first-order chi connectivity index (χ1) is 9.38. The van der Waals surface area contributed by atoms with Gasteiger partial charge in [-0.3, -0.25) is 14.3 Å². The van der Waals surface area contributed by atoms with Gasteiger partial charge in [-0.2, -0.15) is 0 Å². The first kappa shape index (κ1) is 14.2. The molecular weight excluding hydrogens is 258 g/mol. The Balaban J connectivity index is 2.35. The molecule has 1 N–H and O–H groups in total. The lowest BCUT2D eigenvalue weighted by Gasteiger charge is -2.10. The molecule has 7 heteroatoms. The first-order valence-corrected chi connectivity index (χ1v) is 6.63. The topological polar surface area (TPSA) is 85.6 Å². The van der Waals surface area contributed by atoms with Crippen molar-refractivity contribution in [3.8, 4) is 0 Å². The van der Waals surface area contributed by atoms with Gasteiger partial charge in [0.15, 0.2) is 0 Å². The summed E-state index contributed by atoms with van der Waals surface area (Å²) in [6.07, 6.45) is 3.40. The summed E-state index contributed by atoms with van der Waals surface area (Å²) in [5, 5.41) is 8.05.